The number of para-hydroxylation sites is 1. The van der Waals surface area contributed by atoms with E-state index in [1.807, 2.05) is 58.2 Å². The van der Waals surface area contributed by atoms with Crippen LogP contribution < -0.4 is 10.6 Å². The number of hydrogen-bond acceptors (Lipinski definition) is 5. The van der Waals surface area contributed by atoms with Crippen LogP contribution in [0.25, 0.3) is 0 Å². The van der Waals surface area contributed by atoms with Crippen LogP contribution >= 0.6 is 11.8 Å². The molecule has 0 aliphatic rings. The third-order valence-corrected chi connectivity index (χ3v) is 6.51. The average Bonchev–Trinajstić information content (AvgIpc) is 2.84. The zero-order valence-corrected chi connectivity index (χ0v) is 25.1. The van der Waals surface area contributed by atoms with Crippen molar-refractivity contribution in [3.8, 4) is 12.3 Å². The number of nitrogens with zero attached hydrogens (tertiary/aromatic N) is 1. The summed E-state index contributed by atoms with van der Waals surface area (Å²) in [5, 5.41) is 5.77. The molecule has 0 aliphatic carbocycles. The van der Waals surface area contributed by atoms with E-state index in [0.29, 0.717) is 29.0 Å². The zero-order valence-electron chi connectivity index (χ0n) is 24.3. The lowest BCUT2D eigenvalue weighted by Crippen LogP contribution is -2.58. The maximum Gasteiger partial charge on any atom is 0.408 e. The van der Waals surface area contributed by atoms with Crippen LogP contribution in [0.4, 0.5) is 10.5 Å². The van der Waals surface area contributed by atoms with Crippen LogP contribution in [0.5, 0.6) is 0 Å². The van der Waals surface area contributed by atoms with Crippen LogP contribution in [0.15, 0.2) is 48.5 Å². The summed E-state index contributed by atoms with van der Waals surface area (Å²) in [6.45, 7) is 12.8. The zero-order chi connectivity index (χ0) is 29.4. The monoisotopic (exact) mass is 551 g/mol. The summed E-state index contributed by atoms with van der Waals surface area (Å²) in [6.07, 6.45) is 7.18. The van der Waals surface area contributed by atoms with E-state index in [9.17, 15) is 14.4 Å². The first kappa shape index (κ1) is 31.8. The Labute approximate surface area is 237 Å². The molecular formula is C31H41N3O4S. The van der Waals surface area contributed by atoms with Gasteiger partial charge in [-0.1, -0.05) is 36.3 Å². The lowest BCUT2D eigenvalue weighted by Gasteiger charge is -2.43. The van der Waals surface area contributed by atoms with E-state index in [-0.39, 0.29) is 11.8 Å². The van der Waals surface area contributed by atoms with Gasteiger partial charge in [0.2, 0.25) is 5.91 Å². The van der Waals surface area contributed by atoms with Gasteiger partial charge in [-0.3, -0.25) is 9.59 Å². The van der Waals surface area contributed by atoms with Gasteiger partial charge in [0.1, 0.15) is 17.7 Å². The van der Waals surface area contributed by atoms with Crippen molar-refractivity contribution in [3.63, 3.8) is 0 Å². The number of rotatable bonds is 9. The third kappa shape index (κ3) is 9.36. The molecule has 8 heteroatoms. The van der Waals surface area contributed by atoms with Crippen molar-refractivity contribution in [2.75, 3.05) is 17.3 Å². The van der Waals surface area contributed by atoms with Gasteiger partial charge in [0, 0.05) is 16.8 Å². The van der Waals surface area contributed by atoms with Gasteiger partial charge in [0.05, 0.1) is 0 Å². The molecule has 0 radical (unpaired) electrons. The van der Waals surface area contributed by atoms with E-state index in [4.69, 9.17) is 11.2 Å². The van der Waals surface area contributed by atoms with Gasteiger partial charge in [-0.2, -0.15) is 11.8 Å². The Bertz CT molecular complexity index is 1190. The molecule has 0 aromatic heterocycles. The number of terminal acetylenes is 1. The Balaban J connectivity index is 2.59. The molecule has 0 spiro atoms. The second kappa shape index (κ2) is 13.6. The number of ether oxygens (including phenoxy) is 1. The standard InChI is InChI=1S/C31H41N3O4S/c1-10-22-15-17-23(18-16-22)26(27(35)32-24-14-12-11-13-21(24)2)34(30(3,4)5)28(36)25(19-20-39-9)33-29(37)38-31(6,7)8/h1,11-18,25-26H,19-20H2,2-9H3,(H,32,35)(H,33,37). The fraction of sp³-hybridized carbons (Fsp3) is 0.452. The average molecular weight is 552 g/mol. The molecule has 2 aromatic carbocycles. The van der Waals surface area contributed by atoms with Crippen LogP contribution in [0.3, 0.4) is 0 Å². The number of aryl methyl sites for hydroxylation is 1. The van der Waals surface area contributed by atoms with Gasteiger partial charge in [-0.25, -0.2) is 4.79 Å². The fourth-order valence-electron chi connectivity index (χ4n) is 4.05. The Morgan fingerprint density at radius 1 is 1.03 bits per heavy atom. The minimum absolute atomic E-state index is 0.369. The highest BCUT2D eigenvalue weighted by molar-refractivity contribution is 7.98. The molecule has 0 aliphatic heterocycles. The van der Waals surface area contributed by atoms with Crippen LogP contribution in [0.2, 0.25) is 0 Å². The van der Waals surface area contributed by atoms with Crippen molar-refractivity contribution in [1.82, 2.24) is 10.2 Å². The smallest absolute Gasteiger partial charge is 0.408 e. The molecule has 2 unspecified atom stereocenters. The number of hydrogen-bond donors (Lipinski definition) is 2. The third-order valence-electron chi connectivity index (χ3n) is 5.86. The molecule has 2 rings (SSSR count). The molecule has 0 bridgehead atoms. The highest BCUT2D eigenvalue weighted by atomic mass is 32.2. The Hall–Kier alpha value is -3.44. The summed E-state index contributed by atoms with van der Waals surface area (Å²) in [7, 11) is 0. The van der Waals surface area contributed by atoms with Gasteiger partial charge in [0.25, 0.3) is 5.91 Å². The number of nitrogens with one attached hydrogen (secondary N) is 2. The van der Waals surface area contributed by atoms with Gasteiger partial charge in [-0.15, -0.1) is 6.42 Å². The van der Waals surface area contributed by atoms with Crippen molar-refractivity contribution in [3.05, 3.63) is 65.2 Å². The van der Waals surface area contributed by atoms with Crippen LogP contribution in [0.1, 0.15) is 70.7 Å². The maximum absolute atomic E-state index is 14.3. The number of anilines is 1. The van der Waals surface area contributed by atoms with E-state index in [0.717, 1.165) is 5.56 Å². The van der Waals surface area contributed by atoms with E-state index in [2.05, 4.69) is 16.6 Å². The predicted octanol–water partition coefficient (Wildman–Crippen LogP) is 5.93. The number of benzene rings is 2. The minimum atomic E-state index is -0.999. The minimum Gasteiger partial charge on any atom is -0.444 e. The Morgan fingerprint density at radius 2 is 1.64 bits per heavy atom. The van der Waals surface area contributed by atoms with E-state index in [1.165, 1.54) is 0 Å². The first-order valence-electron chi connectivity index (χ1n) is 12.9. The van der Waals surface area contributed by atoms with Gasteiger partial charge in [0.15, 0.2) is 0 Å². The van der Waals surface area contributed by atoms with Crippen molar-refractivity contribution in [1.29, 1.82) is 0 Å². The summed E-state index contributed by atoms with van der Waals surface area (Å²) < 4.78 is 5.45. The van der Waals surface area contributed by atoms with E-state index in [1.54, 1.807) is 61.7 Å². The number of amides is 3. The number of thioether (sulfide) groups is 1. The molecule has 0 saturated heterocycles. The molecule has 2 N–H and O–H groups in total. The number of carbonyl (C=O) groups is 3. The molecule has 7 nitrogen and oxygen atoms in total. The molecule has 2 aromatic rings. The summed E-state index contributed by atoms with van der Waals surface area (Å²) >= 11 is 1.56. The normalized spacial score (nSPS) is 13.0. The van der Waals surface area contributed by atoms with Crippen LogP contribution in [0, 0.1) is 19.3 Å². The summed E-state index contributed by atoms with van der Waals surface area (Å²) in [6, 6.07) is 12.6. The number of alkyl carbamates (subject to hydrolysis) is 1. The quantitative estimate of drug-likeness (QED) is 0.377. The van der Waals surface area contributed by atoms with E-state index < -0.39 is 29.3 Å². The first-order chi connectivity index (χ1) is 18.2. The Kier molecular flexibility index (Phi) is 11.1. The summed E-state index contributed by atoms with van der Waals surface area (Å²) in [5.74, 6) is 2.46. The number of carbonyl (C=O) groups excluding carboxylic acids is 3. The maximum atomic E-state index is 14.3. The van der Waals surface area contributed by atoms with Gasteiger partial charge >= 0.3 is 6.09 Å². The predicted molar refractivity (Wildman–Crippen MR) is 160 cm³/mol. The van der Waals surface area contributed by atoms with Gasteiger partial charge in [-0.05, 0) is 96.2 Å². The summed E-state index contributed by atoms with van der Waals surface area (Å²) in [5.41, 5.74) is 1.29. The molecular weight excluding hydrogens is 510 g/mol. The van der Waals surface area contributed by atoms with Gasteiger partial charge < -0.3 is 20.3 Å². The fourth-order valence-corrected chi connectivity index (χ4v) is 4.52. The highest BCUT2D eigenvalue weighted by Crippen LogP contribution is 2.32. The Morgan fingerprint density at radius 3 is 2.15 bits per heavy atom. The molecule has 39 heavy (non-hydrogen) atoms. The topological polar surface area (TPSA) is 87.7 Å². The lowest BCUT2D eigenvalue weighted by molar-refractivity contribution is -0.146. The second-order valence-corrected chi connectivity index (χ2v) is 12.3. The lowest BCUT2D eigenvalue weighted by atomic mass is 9.94. The molecule has 2 atom stereocenters. The van der Waals surface area contributed by atoms with E-state index >= 15 is 0 Å². The molecule has 3 amide bonds. The van der Waals surface area contributed by atoms with Crippen molar-refractivity contribution in [2.24, 2.45) is 0 Å². The van der Waals surface area contributed by atoms with Crippen molar-refractivity contribution < 1.29 is 19.1 Å². The molecule has 0 fully saturated rings. The molecule has 0 heterocycles. The van der Waals surface area contributed by atoms with Crippen molar-refractivity contribution >= 4 is 35.4 Å². The second-order valence-electron chi connectivity index (χ2n) is 11.3. The highest BCUT2D eigenvalue weighted by Gasteiger charge is 2.42. The molecule has 0 saturated carbocycles. The summed E-state index contributed by atoms with van der Waals surface area (Å²) in [4.78, 5) is 42.6. The largest absolute Gasteiger partial charge is 0.444 e. The van der Waals surface area contributed by atoms with Crippen molar-refractivity contribution in [2.45, 2.75) is 78.1 Å². The van der Waals surface area contributed by atoms with Crippen LogP contribution in [-0.2, 0) is 14.3 Å². The first-order valence-corrected chi connectivity index (χ1v) is 14.3. The SMILES string of the molecule is C#Cc1ccc(C(C(=O)Nc2ccccc2C)N(C(=O)C(CCSC)NC(=O)OC(C)(C)C)C(C)(C)C)cc1. The molecule has 210 valence electrons. The van der Waals surface area contributed by atoms with Crippen LogP contribution in [-0.4, -0.2) is 52.0 Å².